The van der Waals surface area contributed by atoms with Crippen LogP contribution in [0.2, 0.25) is 0 Å². The van der Waals surface area contributed by atoms with Gasteiger partial charge in [-0.25, -0.2) is 4.90 Å². The predicted molar refractivity (Wildman–Crippen MR) is 91.2 cm³/mol. The number of hydrogen-bond donors (Lipinski definition) is 1. The molecule has 2 aliphatic rings. The monoisotopic (exact) mass is 312 g/mol. The maximum atomic E-state index is 12.5. The minimum Gasteiger partial charge on any atom is -0.305 e. The van der Waals surface area contributed by atoms with Crippen molar-refractivity contribution in [1.82, 2.24) is 5.32 Å². The van der Waals surface area contributed by atoms with Crippen molar-refractivity contribution in [3.05, 3.63) is 41.5 Å². The SMILES string of the molecule is Cc1ccc(N2C(=O)CC(NCCC3=CCCCC3)C2=O)cc1. The molecule has 122 valence electrons. The number of carbonyl (C=O) groups excluding carboxylic acids is 2. The molecule has 0 radical (unpaired) electrons. The highest BCUT2D eigenvalue weighted by Gasteiger charge is 2.39. The van der Waals surface area contributed by atoms with Gasteiger partial charge in [-0.2, -0.15) is 0 Å². The van der Waals surface area contributed by atoms with E-state index >= 15 is 0 Å². The summed E-state index contributed by atoms with van der Waals surface area (Å²) >= 11 is 0. The highest BCUT2D eigenvalue weighted by molar-refractivity contribution is 6.22. The van der Waals surface area contributed by atoms with Crippen LogP contribution in [0.5, 0.6) is 0 Å². The van der Waals surface area contributed by atoms with E-state index in [1.165, 1.54) is 36.2 Å². The summed E-state index contributed by atoms with van der Waals surface area (Å²) in [5.74, 6) is -0.246. The summed E-state index contributed by atoms with van der Waals surface area (Å²) in [6, 6.07) is 7.13. The number of hydrogen-bond acceptors (Lipinski definition) is 3. The van der Waals surface area contributed by atoms with Crippen molar-refractivity contribution in [1.29, 1.82) is 0 Å². The van der Waals surface area contributed by atoms with Gasteiger partial charge in [-0.3, -0.25) is 9.59 Å². The Morgan fingerprint density at radius 3 is 2.65 bits per heavy atom. The van der Waals surface area contributed by atoms with E-state index in [0.717, 1.165) is 18.5 Å². The predicted octanol–water partition coefficient (Wildman–Crippen LogP) is 3.11. The first-order valence-electron chi connectivity index (χ1n) is 8.50. The van der Waals surface area contributed by atoms with Crippen LogP contribution in [-0.4, -0.2) is 24.4 Å². The van der Waals surface area contributed by atoms with Crippen LogP contribution in [0.25, 0.3) is 0 Å². The lowest BCUT2D eigenvalue weighted by Crippen LogP contribution is -2.39. The van der Waals surface area contributed by atoms with Gasteiger partial charge in [0.2, 0.25) is 5.91 Å². The molecule has 2 amide bonds. The quantitative estimate of drug-likeness (QED) is 0.671. The van der Waals surface area contributed by atoms with Crippen LogP contribution in [0.1, 0.15) is 44.1 Å². The van der Waals surface area contributed by atoms with E-state index in [4.69, 9.17) is 0 Å². The zero-order chi connectivity index (χ0) is 16.2. The molecule has 1 heterocycles. The van der Waals surface area contributed by atoms with Gasteiger partial charge in [-0.1, -0.05) is 29.3 Å². The van der Waals surface area contributed by atoms with E-state index in [1.54, 1.807) is 0 Å². The Hall–Kier alpha value is -1.94. The first-order chi connectivity index (χ1) is 11.1. The van der Waals surface area contributed by atoms with Crippen molar-refractivity contribution in [3.8, 4) is 0 Å². The summed E-state index contributed by atoms with van der Waals surface area (Å²) in [6.45, 7) is 2.75. The summed E-state index contributed by atoms with van der Waals surface area (Å²) in [6.07, 6.45) is 8.47. The largest absolute Gasteiger partial charge is 0.305 e. The number of nitrogens with one attached hydrogen (secondary N) is 1. The normalized spacial score (nSPS) is 21.7. The Kier molecular flexibility index (Phi) is 4.91. The van der Waals surface area contributed by atoms with E-state index in [9.17, 15) is 9.59 Å². The van der Waals surface area contributed by atoms with Gasteiger partial charge in [0, 0.05) is 0 Å². The molecule has 0 aromatic heterocycles. The van der Waals surface area contributed by atoms with Crippen molar-refractivity contribution in [2.24, 2.45) is 0 Å². The molecule has 4 heteroatoms. The van der Waals surface area contributed by atoms with Crippen LogP contribution < -0.4 is 10.2 Å². The second-order valence-corrected chi connectivity index (χ2v) is 6.47. The lowest BCUT2D eigenvalue weighted by molar-refractivity contribution is -0.121. The van der Waals surface area contributed by atoms with E-state index in [2.05, 4.69) is 11.4 Å². The molecule has 0 spiro atoms. The summed E-state index contributed by atoms with van der Waals surface area (Å²) in [5, 5.41) is 3.27. The van der Waals surface area contributed by atoms with Crippen molar-refractivity contribution in [2.75, 3.05) is 11.4 Å². The third-order valence-electron chi connectivity index (χ3n) is 4.66. The molecule has 1 saturated heterocycles. The number of allylic oxidation sites excluding steroid dienone is 1. The number of anilines is 1. The Morgan fingerprint density at radius 1 is 1.17 bits per heavy atom. The smallest absolute Gasteiger partial charge is 0.251 e. The molecular weight excluding hydrogens is 288 g/mol. The van der Waals surface area contributed by atoms with Gasteiger partial charge < -0.3 is 5.32 Å². The van der Waals surface area contributed by atoms with E-state index < -0.39 is 0 Å². The summed E-state index contributed by atoms with van der Waals surface area (Å²) in [5.41, 5.74) is 3.27. The average molecular weight is 312 g/mol. The summed E-state index contributed by atoms with van der Waals surface area (Å²) in [4.78, 5) is 26.0. The van der Waals surface area contributed by atoms with Gasteiger partial charge in [0.1, 0.15) is 0 Å². The van der Waals surface area contributed by atoms with E-state index in [0.29, 0.717) is 5.69 Å². The van der Waals surface area contributed by atoms with Crippen LogP contribution in [0, 0.1) is 6.92 Å². The van der Waals surface area contributed by atoms with Gasteiger partial charge in [0.25, 0.3) is 5.91 Å². The first-order valence-corrected chi connectivity index (χ1v) is 8.50. The molecule has 1 aliphatic heterocycles. The van der Waals surface area contributed by atoms with Crippen LogP contribution >= 0.6 is 0 Å². The van der Waals surface area contributed by atoms with Gasteiger partial charge in [0.05, 0.1) is 18.2 Å². The fourth-order valence-electron chi connectivity index (χ4n) is 3.30. The molecule has 1 atom stereocenters. The lowest BCUT2D eigenvalue weighted by atomic mass is 9.97. The zero-order valence-corrected chi connectivity index (χ0v) is 13.7. The minimum absolute atomic E-state index is 0.117. The Labute approximate surface area is 137 Å². The fraction of sp³-hybridized carbons (Fsp3) is 0.474. The molecule has 3 rings (SSSR count). The highest BCUT2D eigenvalue weighted by Crippen LogP contribution is 2.24. The van der Waals surface area contributed by atoms with Crippen molar-refractivity contribution >= 4 is 17.5 Å². The number of aryl methyl sites for hydroxylation is 1. The molecule has 4 nitrogen and oxygen atoms in total. The Morgan fingerprint density at radius 2 is 1.96 bits per heavy atom. The number of benzene rings is 1. The van der Waals surface area contributed by atoms with Gasteiger partial charge in [-0.15, -0.1) is 0 Å². The third-order valence-corrected chi connectivity index (χ3v) is 4.66. The molecule has 23 heavy (non-hydrogen) atoms. The van der Waals surface area contributed by atoms with Crippen LogP contribution in [0.4, 0.5) is 5.69 Å². The summed E-state index contributed by atoms with van der Waals surface area (Å²) in [7, 11) is 0. The third kappa shape index (κ3) is 3.70. The molecule has 1 aliphatic carbocycles. The molecular formula is C19H24N2O2. The maximum absolute atomic E-state index is 12.5. The van der Waals surface area contributed by atoms with Gasteiger partial charge in [-0.05, 0) is 57.7 Å². The molecule has 1 aromatic carbocycles. The Balaban J connectivity index is 1.57. The standard InChI is InChI=1S/C19H24N2O2/c1-14-7-9-16(10-8-14)21-18(22)13-17(19(21)23)20-12-11-15-5-3-2-4-6-15/h5,7-10,17,20H,2-4,6,11-13H2,1H3. The van der Waals surface area contributed by atoms with E-state index in [-0.39, 0.29) is 24.3 Å². The molecule has 1 unspecified atom stereocenters. The number of nitrogens with zero attached hydrogens (tertiary/aromatic N) is 1. The van der Waals surface area contributed by atoms with Crippen molar-refractivity contribution in [2.45, 2.75) is 51.5 Å². The highest BCUT2D eigenvalue weighted by atomic mass is 16.2. The van der Waals surface area contributed by atoms with Crippen molar-refractivity contribution < 1.29 is 9.59 Å². The zero-order valence-electron chi connectivity index (χ0n) is 13.7. The number of carbonyl (C=O) groups is 2. The van der Waals surface area contributed by atoms with Crippen LogP contribution in [0.3, 0.4) is 0 Å². The number of amides is 2. The van der Waals surface area contributed by atoms with Gasteiger partial charge in [0.15, 0.2) is 0 Å². The summed E-state index contributed by atoms with van der Waals surface area (Å²) < 4.78 is 0. The molecule has 0 saturated carbocycles. The van der Waals surface area contributed by atoms with E-state index in [1.807, 2.05) is 31.2 Å². The molecule has 1 aromatic rings. The number of rotatable bonds is 5. The lowest BCUT2D eigenvalue weighted by Gasteiger charge is -2.17. The molecule has 1 N–H and O–H groups in total. The minimum atomic E-state index is -0.381. The fourth-order valence-corrected chi connectivity index (χ4v) is 3.30. The topological polar surface area (TPSA) is 49.4 Å². The van der Waals surface area contributed by atoms with Crippen molar-refractivity contribution in [3.63, 3.8) is 0 Å². The number of imide groups is 1. The second kappa shape index (κ2) is 7.09. The molecule has 1 fully saturated rings. The second-order valence-electron chi connectivity index (χ2n) is 6.47. The molecule has 0 bridgehead atoms. The Bertz CT molecular complexity index is 619. The van der Waals surface area contributed by atoms with Crippen LogP contribution in [-0.2, 0) is 9.59 Å². The van der Waals surface area contributed by atoms with Gasteiger partial charge >= 0.3 is 0 Å². The van der Waals surface area contributed by atoms with Crippen LogP contribution in [0.15, 0.2) is 35.9 Å². The average Bonchev–Trinajstić information content (AvgIpc) is 2.84. The maximum Gasteiger partial charge on any atom is 0.251 e. The first kappa shape index (κ1) is 15.9.